The third-order valence-corrected chi connectivity index (χ3v) is 2.21. The molecule has 0 fully saturated rings. The van der Waals surface area contributed by atoms with Crippen molar-refractivity contribution in [3.63, 3.8) is 0 Å². The summed E-state index contributed by atoms with van der Waals surface area (Å²) in [5.41, 5.74) is 0. The molecule has 1 atom stereocenters. The second kappa shape index (κ2) is 8.90. The molecule has 0 aliphatic rings. The Bertz CT molecular complexity index is 355. The van der Waals surface area contributed by atoms with Crippen LogP contribution in [0.2, 0.25) is 0 Å². The lowest BCUT2D eigenvalue weighted by molar-refractivity contribution is -0.138. The molecule has 0 radical (unpaired) electrons. The number of aliphatic carboxylic acids is 2. The van der Waals surface area contributed by atoms with Crippen LogP contribution in [-0.4, -0.2) is 46.6 Å². The zero-order valence-electron chi connectivity index (χ0n) is 10.6. The third-order valence-electron chi connectivity index (χ3n) is 2.21. The van der Waals surface area contributed by atoms with Crippen molar-refractivity contribution in [1.82, 2.24) is 10.6 Å². The summed E-state index contributed by atoms with van der Waals surface area (Å²) >= 11 is 0. The van der Waals surface area contributed by atoms with Gasteiger partial charge in [-0.25, -0.2) is 0 Å². The predicted molar refractivity (Wildman–Crippen MR) is 64.4 cm³/mol. The van der Waals surface area contributed by atoms with Gasteiger partial charge in [0.2, 0.25) is 11.8 Å². The van der Waals surface area contributed by atoms with Crippen LogP contribution < -0.4 is 10.6 Å². The van der Waals surface area contributed by atoms with Gasteiger partial charge in [0.15, 0.2) is 0 Å². The molecule has 0 aliphatic carbocycles. The molecule has 0 aromatic carbocycles. The molecule has 0 aliphatic heterocycles. The van der Waals surface area contributed by atoms with Gasteiger partial charge in [-0.3, -0.25) is 19.2 Å². The molecule has 0 aromatic rings. The zero-order valence-corrected chi connectivity index (χ0v) is 10.6. The zero-order chi connectivity index (χ0) is 14.8. The Balaban J connectivity index is 3.76. The second-order valence-corrected chi connectivity index (χ2v) is 4.07. The van der Waals surface area contributed by atoms with Crippen molar-refractivity contribution in [3.8, 4) is 0 Å². The summed E-state index contributed by atoms with van der Waals surface area (Å²) in [6.07, 6.45) is 0.0977. The van der Waals surface area contributed by atoms with Crippen molar-refractivity contribution in [3.05, 3.63) is 0 Å². The SMILES string of the molecule is CC(CCC(=O)O)NC(=O)CCC(=O)NCC(=O)O. The summed E-state index contributed by atoms with van der Waals surface area (Å²) in [5, 5.41) is 21.5. The fraction of sp³-hybridized carbons (Fsp3) is 0.636. The van der Waals surface area contributed by atoms with Gasteiger partial charge in [-0.15, -0.1) is 0 Å². The average Bonchev–Trinajstić information content (AvgIpc) is 2.31. The summed E-state index contributed by atoms with van der Waals surface area (Å²) in [5.74, 6) is -2.98. The van der Waals surface area contributed by atoms with Crippen LogP contribution in [-0.2, 0) is 19.2 Å². The summed E-state index contributed by atoms with van der Waals surface area (Å²) in [7, 11) is 0. The van der Waals surface area contributed by atoms with Gasteiger partial charge in [0.25, 0.3) is 0 Å². The van der Waals surface area contributed by atoms with Crippen molar-refractivity contribution < 1.29 is 29.4 Å². The maximum atomic E-state index is 11.4. The lowest BCUT2D eigenvalue weighted by atomic mass is 10.1. The maximum absolute atomic E-state index is 11.4. The summed E-state index contributed by atoms with van der Waals surface area (Å²) in [4.78, 5) is 43.0. The summed E-state index contributed by atoms with van der Waals surface area (Å²) < 4.78 is 0. The minimum absolute atomic E-state index is 0.0411. The van der Waals surface area contributed by atoms with Crippen LogP contribution in [0.5, 0.6) is 0 Å². The first-order valence-corrected chi connectivity index (χ1v) is 5.81. The largest absolute Gasteiger partial charge is 0.481 e. The number of hydrogen-bond donors (Lipinski definition) is 4. The van der Waals surface area contributed by atoms with Crippen molar-refractivity contribution >= 4 is 23.8 Å². The van der Waals surface area contributed by atoms with E-state index in [9.17, 15) is 19.2 Å². The standard InChI is InChI=1S/C11H18N2O6/c1-7(2-5-10(16)17)13-9(15)4-3-8(14)12-6-11(18)19/h7H,2-6H2,1H3,(H,12,14)(H,13,15)(H,16,17)(H,18,19). The van der Waals surface area contributed by atoms with Gasteiger partial charge in [0.05, 0.1) is 0 Å². The van der Waals surface area contributed by atoms with E-state index in [0.717, 1.165) is 0 Å². The molecule has 0 heterocycles. The normalized spacial score (nSPS) is 11.4. The Morgan fingerprint density at radius 1 is 0.947 bits per heavy atom. The highest BCUT2D eigenvalue weighted by Crippen LogP contribution is 1.98. The lowest BCUT2D eigenvalue weighted by Gasteiger charge is -2.12. The van der Waals surface area contributed by atoms with Crippen LogP contribution in [0.15, 0.2) is 0 Å². The van der Waals surface area contributed by atoms with Crippen LogP contribution in [0.1, 0.15) is 32.6 Å². The number of carboxylic acid groups (broad SMARTS) is 2. The van der Waals surface area contributed by atoms with Crippen molar-refractivity contribution in [2.45, 2.75) is 38.6 Å². The van der Waals surface area contributed by atoms with Crippen LogP contribution in [0, 0.1) is 0 Å². The Labute approximate surface area is 110 Å². The molecule has 8 nitrogen and oxygen atoms in total. The van der Waals surface area contributed by atoms with E-state index in [4.69, 9.17) is 10.2 Å². The highest BCUT2D eigenvalue weighted by Gasteiger charge is 2.11. The molecule has 8 heteroatoms. The molecular weight excluding hydrogens is 256 g/mol. The molecule has 4 N–H and O–H groups in total. The second-order valence-electron chi connectivity index (χ2n) is 4.07. The fourth-order valence-corrected chi connectivity index (χ4v) is 1.25. The van der Waals surface area contributed by atoms with Gasteiger partial charge in [-0.05, 0) is 13.3 Å². The first-order valence-electron chi connectivity index (χ1n) is 5.81. The van der Waals surface area contributed by atoms with Crippen LogP contribution in [0.25, 0.3) is 0 Å². The number of nitrogens with one attached hydrogen (secondary N) is 2. The molecule has 0 bridgehead atoms. The minimum Gasteiger partial charge on any atom is -0.481 e. The van der Waals surface area contributed by atoms with Gasteiger partial charge in [0.1, 0.15) is 6.54 Å². The lowest BCUT2D eigenvalue weighted by Crippen LogP contribution is -2.34. The Hall–Kier alpha value is -2.12. The number of hydrogen-bond acceptors (Lipinski definition) is 4. The maximum Gasteiger partial charge on any atom is 0.322 e. The van der Waals surface area contributed by atoms with E-state index in [1.54, 1.807) is 6.92 Å². The van der Waals surface area contributed by atoms with E-state index in [1.807, 2.05) is 0 Å². The molecule has 0 saturated heterocycles. The molecule has 0 rings (SSSR count). The van der Waals surface area contributed by atoms with Gasteiger partial charge in [-0.1, -0.05) is 0 Å². The van der Waals surface area contributed by atoms with Gasteiger partial charge < -0.3 is 20.8 Å². The number of amides is 2. The number of rotatable bonds is 9. The monoisotopic (exact) mass is 274 g/mol. The first kappa shape index (κ1) is 16.9. The molecule has 0 spiro atoms. The third kappa shape index (κ3) is 10.7. The van der Waals surface area contributed by atoms with Crippen LogP contribution >= 0.6 is 0 Å². The van der Waals surface area contributed by atoms with Gasteiger partial charge >= 0.3 is 11.9 Å². The van der Waals surface area contributed by atoms with E-state index in [0.29, 0.717) is 6.42 Å². The molecule has 1 unspecified atom stereocenters. The summed E-state index contributed by atoms with van der Waals surface area (Å²) in [6.45, 7) is 1.20. The van der Waals surface area contributed by atoms with Crippen molar-refractivity contribution in [2.75, 3.05) is 6.54 Å². The van der Waals surface area contributed by atoms with Crippen molar-refractivity contribution in [1.29, 1.82) is 0 Å². The molecule has 108 valence electrons. The molecular formula is C11H18N2O6. The Morgan fingerprint density at radius 3 is 2.05 bits per heavy atom. The highest BCUT2D eigenvalue weighted by molar-refractivity contribution is 5.85. The molecule has 2 amide bonds. The predicted octanol–water partition coefficient (Wildman–Crippen LogP) is -0.663. The van der Waals surface area contributed by atoms with Crippen molar-refractivity contribution in [2.24, 2.45) is 0 Å². The van der Waals surface area contributed by atoms with Crippen LogP contribution in [0.3, 0.4) is 0 Å². The van der Waals surface area contributed by atoms with E-state index < -0.39 is 24.4 Å². The smallest absolute Gasteiger partial charge is 0.322 e. The quantitative estimate of drug-likeness (QED) is 0.441. The highest BCUT2D eigenvalue weighted by atomic mass is 16.4. The van der Waals surface area contributed by atoms with E-state index in [-0.39, 0.29) is 31.2 Å². The number of carbonyl (C=O) groups is 4. The molecule has 0 aromatic heterocycles. The van der Waals surface area contributed by atoms with E-state index >= 15 is 0 Å². The minimum atomic E-state index is -1.15. The van der Waals surface area contributed by atoms with Crippen LogP contribution in [0.4, 0.5) is 0 Å². The average molecular weight is 274 g/mol. The topological polar surface area (TPSA) is 133 Å². The molecule has 19 heavy (non-hydrogen) atoms. The van der Waals surface area contributed by atoms with E-state index in [2.05, 4.69) is 10.6 Å². The molecule has 0 saturated carbocycles. The summed E-state index contributed by atoms with van der Waals surface area (Å²) in [6, 6.07) is -0.286. The van der Waals surface area contributed by atoms with Gasteiger partial charge in [-0.2, -0.15) is 0 Å². The Morgan fingerprint density at radius 2 is 1.53 bits per heavy atom. The first-order chi connectivity index (χ1) is 8.81. The van der Waals surface area contributed by atoms with Gasteiger partial charge in [0, 0.05) is 25.3 Å². The fourth-order valence-electron chi connectivity index (χ4n) is 1.25. The Kier molecular flexibility index (Phi) is 7.90. The number of carboxylic acids is 2. The van der Waals surface area contributed by atoms with E-state index in [1.165, 1.54) is 0 Å². The number of carbonyl (C=O) groups excluding carboxylic acids is 2.